The molecule has 6 heteroatoms. The third kappa shape index (κ3) is 4.12. The zero-order chi connectivity index (χ0) is 13.7. The Hall–Kier alpha value is -1.24. The molecule has 1 aliphatic rings. The van der Waals surface area contributed by atoms with E-state index in [9.17, 15) is 4.39 Å². The van der Waals surface area contributed by atoms with Gasteiger partial charge in [0.25, 0.3) is 0 Å². The fourth-order valence-corrected chi connectivity index (χ4v) is 2.22. The molecule has 104 valence electrons. The van der Waals surface area contributed by atoms with E-state index in [4.69, 9.17) is 22.7 Å². The van der Waals surface area contributed by atoms with Gasteiger partial charge in [-0.15, -0.1) is 0 Å². The minimum Gasteiger partial charge on any atom is -0.389 e. The van der Waals surface area contributed by atoms with Crippen LogP contribution in [-0.4, -0.2) is 49.3 Å². The number of benzene rings is 1. The number of morpholine rings is 1. The minimum atomic E-state index is -0.332. The van der Waals surface area contributed by atoms with Gasteiger partial charge < -0.3 is 15.8 Å². The number of nitrogens with two attached hydrogens (primary N) is 1. The molecular weight excluding hydrogens is 265 g/mol. The number of halogens is 1. The van der Waals surface area contributed by atoms with E-state index in [0.717, 1.165) is 45.1 Å². The molecule has 1 aliphatic heterocycles. The van der Waals surface area contributed by atoms with Crippen LogP contribution in [0.5, 0.6) is 0 Å². The van der Waals surface area contributed by atoms with Crippen molar-refractivity contribution in [2.24, 2.45) is 5.73 Å². The fourth-order valence-electron chi connectivity index (χ4n) is 2.05. The van der Waals surface area contributed by atoms with Crippen molar-refractivity contribution in [3.63, 3.8) is 0 Å². The zero-order valence-electron chi connectivity index (χ0n) is 10.7. The van der Waals surface area contributed by atoms with Crippen LogP contribution >= 0.6 is 12.2 Å². The lowest BCUT2D eigenvalue weighted by Gasteiger charge is -2.26. The van der Waals surface area contributed by atoms with E-state index in [1.165, 1.54) is 12.1 Å². The van der Waals surface area contributed by atoms with E-state index in [-0.39, 0.29) is 10.8 Å². The number of nitrogens with one attached hydrogen (secondary N) is 1. The van der Waals surface area contributed by atoms with Crippen LogP contribution in [-0.2, 0) is 4.74 Å². The molecule has 1 saturated heterocycles. The molecule has 0 atom stereocenters. The maximum absolute atomic E-state index is 13.2. The van der Waals surface area contributed by atoms with Crippen LogP contribution in [0.2, 0.25) is 0 Å². The summed E-state index contributed by atoms with van der Waals surface area (Å²) in [6.07, 6.45) is 0. The highest BCUT2D eigenvalue weighted by Gasteiger charge is 2.10. The first-order valence-electron chi connectivity index (χ1n) is 6.30. The second kappa shape index (κ2) is 6.79. The summed E-state index contributed by atoms with van der Waals surface area (Å²) < 4.78 is 18.4. The van der Waals surface area contributed by atoms with E-state index in [1.54, 1.807) is 6.07 Å². The first-order chi connectivity index (χ1) is 9.16. The molecule has 0 unspecified atom stereocenters. The quantitative estimate of drug-likeness (QED) is 0.795. The summed E-state index contributed by atoms with van der Waals surface area (Å²) in [7, 11) is 0. The highest BCUT2D eigenvalue weighted by Crippen LogP contribution is 2.16. The third-order valence-electron chi connectivity index (χ3n) is 3.09. The van der Waals surface area contributed by atoms with Gasteiger partial charge in [0.1, 0.15) is 10.8 Å². The Labute approximate surface area is 117 Å². The molecule has 1 fully saturated rings. The molecule has 4 nitrogen and oxygen atoms in total. The minimum absolute atomic E-state index is 0.202. The smallest absolute Gasteiger partial charge is 0.124 e. The zero-order valence-corrected chi connectivity index (χ0v) is 11.5. The summed E-state index contributed by atoms with van der Waals surface area (Å²) in [5.41, 5.74) is 6.93. The van der Waals surface area contributed by atoms with Crippen LogP contribution in [0.3, 0.4) is 0 Å². The summed E-state index contributed by atoms with van der Waals surface area (Å²) in [5, 5.41) is 3.25. The van der Waals surface area contributed by atoms with Crippen molar-refractivity contribution in [2.75, 3.05) is 44.7 Å². The molecule has 1 aromatic carbocycles. The van der Waals surface area contributed by atoms with E-state index in [0.29, 0.717) is 5.56 Å². The van der Waals surface area contributed by atoms with Crippen LogP contribution < -0.4 is 11.1 Å². The lowest BCUT2D eigenvalue weighted by Crippen LogP contribution is -2.39. The summed E-state index contributed by atoms with van der Waals surface area (Å²) in [4.78, 5) is 2.52. The highest BCUT2D eigenvalue weighted by molar-refractivity contribution is 7.80. The maximum atomic E-state index is 13.2. The normalized spacial score (nSPS) is 16.3. The largest absolute Gasteiger partial charge is 0.389 e. The molecule has 0 aliphatic carbocycles. The lowest BCUT2D eigenvalue weighted by atomic mass is 10.1. The topological polar surface area (TPSA) is 50.5 Å². The number of nitrogens with zero attached hydrogens (tertiary/aromatic N) is 1. The molecule has 1 aromatic rings. The molecule has 19 heavy (non-hydrogen) atoms. The molecule has 0 aromatic heterocycles. The monoisotopic (exact) mass is 283 g/mol. The van der Waals surface area contributed by atoms with Crippen molar-refractivity contribution in [3.8, 4) is 0 Å². The number of hydrogen-bond acceptors (Lipinski definition) is 4. The maximum Gasteiger partial charge on any atom is 0.124 e. The number of thiocarbonyl (C=S) groups is 1. The van der Waals surface area contributed by atoms with Crippen molar-refractivity contribution in [1.82, 2.24) is 4.90 Å². The van der Waals surface area contributed by atoms with E-state index >= 15 is 0 Å². The van der Waals surface area contributed by atoms with Gasteiger partial charge in [-0.3, -0.25) is 4.90 Å². The van der Waals surface area contributed by atoms with Gasteiger partial charge in [0, 0.05) is 37.4 Å². The third-order valence-corrected chi connectivity index (χ3v) is 3.31. The van der Waals surface area contributed by atoms with Gasteiger partial charge in [0.15, 0.2) is 0 Å². The Morgan fingerprint density at radius 3 is 2.84 bits per heavy atom. The lowest BCUT2D eigenvalue weighted by molar-refractivity contribution is 0.0398. The fraction of sp³-hybridized carbons (Fsp3) is 0.462. The number of ether oxygens (including phenoxy) is 1. The first kappa shape index (κ1) is 14.2. The van der Waals surface area contributed by atoms with Gasteiger partial charge >= 0.3 is 0 Å². The van der Waals surface area contributed by atoms with Crippen LogP contribution in [0.4, 0.5) is 10.1 Å². The molecule has 3 N–H and O–H groups in total. The molecule has 0 radical (unpaired) electrons. The van der Waals surface area contributed by atoms with Crippen molar-refractivity contribution >= 4 is 22.9 Å². The Morgan fingerprint density at radius 2 is 2.16 bits per heavy atom. The average molecular weight is 283 g/mol. The van der Waals surface area contributed by atoms with Crippen LogP contribution in [0.1, 0.15) is 5.56 Å². The molecule has 0 bridgehead atoms. The Kier molecular flexibility index (Phi) is 5.07. The summed E-state index contributed by atoms with van der Waals surface area (Å²) in [6, 6.07) is 4.43. The first-order valence-corrected chi connectivity index (χ1v) is 6.71. The van der Waals surface area contributed by atoms with Crippen molar-refractivity contribution < 1.29 is 9.13 Å². The van der Waals surface area contributed by atoms with Gasteiger partial charge in [-0.2, -0.15) is 0 Å². The molecule has 0 spiro atoms. The molecule has 2 rings (SSSR count). The molecule has 0 saturated carbocycles. The van der Waals surface area contributed by atoms with Crippen LogP contribution in [0, 0.1) is 5.82 Å². The number of hydrogen-bond donors (Lipinski definition) is 2. The highest BCUT2D eigenvalue weighted by atomic mass is 32.1. The summed E-state index contributed by atoms with van der Waals surface area (Å²) >= 11 is 4.93. The average Bonchev–Trinajstić information content (AvgIpc) is 2.41. The predicted molar refractivity (Wildman–Crippen MR) is 78.0 cm³/mol. The van der Waals surface area contributed by atoms with E-state index in [1.807, 2.05) is 0 Å². The molecule has 0 amide bonds. The Balaban J connectivity index is 1.89. The van der Waals surface area contributed by atoms with Crippen molar-refractivity contribution in [3.05, 3.63) is 29.6 Å². The Morgan fingerprint density at radius 1 is 1.42 bits per heavy atom. The summed E-state index contributed by atoms with van der Waals surface area (Å²) in [6.45, 7) is 5.16. The number of anilines is 1. The SMILES string of the molecule is NC(=S)c1cc(F)ccc1NCCN1CCOCC1. The second-order valence-corrected chi connectivity index (χ2v) is 4.87. The van der Waals surface area contributed by atoms with Gasteiger partial charge in [-0.05, 0) is 18.2 Å². The molecule has 1 heterocycles. The van der Waals surface area contributed by atoms with Crippen molar-refractivity contribution in [1.29, 1.82) is 0 Å². The van der Waals surface area contributed by atoms with Gasteiger partial charge in [-0.1, -0.05) is 12.2 Å². The van der Waals surface area contributed by atoms with Crippen molar-refractivity contribution in [2.45, 2.75) is 0 Å². The van der Waals surface area contributed by atoms with Gasteiger partial charge in [0.2, 0.25) is 0 Å². The van der Waals surface area contributed by atoms with Crippen LogP contribution in [0.15, 0.2) is 18.2 Å². The van der Waals surface area contributed by atoms with Gasteiger partial charge in [-0.25, -0.2) is 4.39 Å². The second-order valence-electron chi connectivity index (χ2n) is 4.43. The Bertz CT molecular complexity index is 450. The number of rotatable bonds is 5. The summed E-state index contributed by atoms with van der Waals surface area (Å²) in [5.74, 6) is -0.332. The van der Waals surface area contributed by atoms with E-state index < -0.39 is 0 Å². The van der Waals surface area contributed by atoms with E-state index in [2.05, 4.69) is 10.2 Å². The van der Waals surface area contributed by atoms with Gasteiger partial charge in [0.05, 0.1) is 13.2 Å². The predicted octanol–water partition coefficient (Wildman–Crippen LogP) is 1.20. The van der Waals surface area contributed by atoms with Crippen LogP contribution in [0.25, 0.3) is 0 Å². The molecular formula is C13H18FN3OS. The standard InChI is InChI=1S/C13H18FN3OS/c14-10-1-2-12(11(9-10)13(15)19)16-3-4-17-5-7-18-8-6-17/h1-2,9,16H,3-8H2,(H2,15,19).